The van der Waals surface area contributed by atoms with E-state index in [1.807, 2.05) is 6.08 Å². The molecule has 0 aromatic heterocycles. The zero-order chi connectivity index (χ0) is 9.47. The third-order valence-electron chi connectivity index (χ3n) is 3.67. The van der Waals surface area contributed by atoms with E-state index in [4.69, 9.17) is 0 Å². The number of amides is 1. The minimum Gasteiger partial charge on any atom is -0.339 e. The zero-order valence-electron chi connectivity index (χ0n) is 8.25. The molecule has 2 aliphatic heterocycles. The highest BCUT2D eigenvalue weighted by Crippen LogP contribution is 2.42. The average molecular weight is 179 g/mol. The third kappa shape index (κ3) is 1.19. The van der Waals surface area contributed by atoms with E-state index in [1.165, 1.54) is 6.42 Å². The van der Waals surface area contributed by atoms with Crippen LogP contribution in [0.1, 0.15) is 32.6 Å². The van der Waals surface area contributed by atoms with Crippen LogP contribution in [0.15, 0.2) is 12.7 Å². The first-order valence-electron chi connectivity index (χ1n) is 5.10. The van der Waals surface area contributed by atoms with E-state index in [9.17, 15) is 4.79 Å². The molecule has 72 valence electrons. The Balaban J connectivity index is 2.25. The molecule has 0 radical (unpaired) electrons. The van der Waals surface area contributed by atoms with Gasteiger partial charge in [0.25, 0.3) is 0 Å². The summed E-state index contributed by atoms with van der Waals surface area (Å²) in [5, 5.41) is 0. The van der Waals surface area contributed by atoms with Crippen molar-refractivity contribution < 1.29 is 4.79 Å². The largest absolute Gasteiger partial charge is 0.339 e. The normalized spacial score (nSPS) is 39.0. The van der Waals surface area contributed by atoms with Crippen molar-refractivity contribution in [1.29, 1.82) is 0 Å². The summed E-state index contributed by atoms with van der Waals surface area (Å²) < 4.78 is 0. The van der Waals surface area contributed by atoms with Gasteiger partial charge in [0.2, 0.25) is 5.91 Å². The number of hydrogen-bond acceptors (Lipinski definition) is 1. The van der Waals surface area contributed by atoms with Gasteiger partial charge in [0.15, 0.2) is 0 Å². The first-order valence-corrected chi connectivity index (χ1v) is 5.10. The first-order chi connectivity index (χ1) is 6.17. The molecule has 2 fully saturated rings. The molecule has 2 saturated heterocycles. The van der Waals surface area contributed by atoms with Gasteiger partial charge in [0.05, 0.1) is 0 Å². The van der Waals surface area contributed by atoms with E-state index in [2.05, 4.69) is 18.4 Å². The maximum Gasteiger partial charge on any atom is 0.222 e. The fourth-order valence-corrected chi connectivity index (χ4v) is 2.73. The van der Waals surface area contributed by atoms with Gasteiger partial charge in [0.1, 0.15) is 0 Å². The lowest BCUT2D eigenvalue weighted by atomic mass is 9.75. The summed E-state index contributed by atoms with van der Waals surface area (Å²) in [6, 6.07) is 0.436. The maximum atomic E-state index is 11.5. The van der Waals surface area contributed by atoms with Gasteiger partial charge in [-0.05, 0) is 19.3 Å². The van der Waals surface area contributed by atoms with Gasteiger partial charge >= 0.3 is 0 Å². The summed E-state index contributed by atoms with van der Waals surface area (Å²) in [6.45, 7) is 7.10. The summed E-state index contributed by atoms with van der Waals surface area (Å²) in [6.07, 6.45) is 6.13. The molecule has 0 aromatic rings. The molecule has 0 spiro atoms. The summed E-state index contributed by atoms with van der Waals surface area (Å²) in [5.74, 6) is 0.345. The van der Waals surface area contributed by atoms with Gasteiger partial charge in [-0.2, -0.15) is 0 Å². The molecule has 0 saturated carbocycles. The lowest BCUT2D eigenvalue weighted by Gasteiger charge is -2.43. The van der Waals surface area contributed by atoms with Crippen molar-refractivity contribution in [2.75, 3.05) is 6.54 Å². The second kappa shape index (κ2) is 2.86. The quantitative estimate of drug-likeness (QED) is 0.563. The third-order valence-corrected chi connectivity index (χ3v) is 3.67. The second-order valence-corrected chi connectivity index (χ2v) is 4.46. The number of rotatable bonds is 1. The van der Waals surface area contributed by atoms with E-state index in [0.717, 1.165) is 25.8 Å². The van der Waals surface area contributed by atoms with Crippen LogP contribution in [0.5, 0.6) is 0 Å². The van der Waals surface area contributed by atoms with Gasteiger partial charge in [-0.1, -0.05) is 13.0 Å². The minimum atomic E-state index is 0.171. The molecule has 0 N–H and O–H groups in total. The van der Waals surface area contributed by atoms with Crippen molar-refractivity contribution in [1.82, 2.24) is 4.90 Å². The van der Waals surface area contributed by atoms with E-state index >= 15 is 0 Å². The Morgan fingerprint density at radius 2 is 2.46 bits per heavy atom. The van der Waals surface area contributed by atoms with E-state index in [-0.39, 0.29) is 5.41 Å². The molecule has 1 amide bonds. The Morgan fingerprint density at radius 1 is 1.69 bits per heavy atom. The summed E-state index contributed by atoms with van der Waals surface area (Å²) in [7, 11) is 0. The summed E-state index contributed by atoms with van der Waals surface area (Å²) in [4.78, 5) is 13.6. The Bertz CT molecular complexity index is 248. The highest BCUT2D eigenvalue weighted by molar-refractivity contribution is 5.79. The molecule has 0 bridgehead atoms. The van der Waals surface area contributed by atoms with Gasteiger partial charge in [-0.15, -0.1) is 6.58 Å². The molecule has 2 heteroatoms. The lowest BCUT2D eigenvalue weighted by molar-refractivity contribution is -0.131. The lowest BCUT2D eigenvalue weighted by Crippen LogP contribution is -2.47. The molecule has 2 aliphatic rings. The number of carbonyl (C=O) groups excluding carboxylic acids is 1. The molecular weight excluding hydrogens is 162 g/mol. The fourth-order valence-electron chi connectivity index (χ4n) is 2.73. The second-order valence-electron chi connectivity index (χ2n) is 4.46. The van der Waals surface area contributed by atoms with Gasteiger partial charge in [-0.25, -0.2) is 0 Å². The predicted octanol–water partition coefficient (Wildman–Crippen LogP) is 1.96. The van der Waals surface area contributed by atoms with Crippen LogP contribution in [0.4, 0.5) is 0 Å². The van der Waals surface area contributed by atoms with E-state index in [1.54, 1.807) is 0 Å². The molecule has 0 unspecified atom stereocenters. The number of nitrogens with zero attached hydrogens (tertiary/aromatic N) is 1. The Hall–Kier alpha value is -0.790. The van der Waals surface area contributed by atoms with Crippen molar-refractivity contribution in [3.05, 3.63) is 12.7 Å². The fraction of sp³-hybridized carbons (Fsp3) is 0.727. The molecule has 2 rings (SSSR count). The Kier molecular flexibility index (Phi) is 1.94. The standard InChI is InChI=1S/C11H17NO/c1-3-11(2)7-4-8-12-9(11)5-6-10(12)13/h3,9H,1,4-8H2,2H3/t9-,11+/m1/s1. The van der Waals surface area contributed by atoms with Crippen molar-refractivity contribution in [3.63, 3.8) is 0 Å². The molecular formula is C11H17NO. The summed E-state index contributed by atoms with van der Waals surface area (Å²) in [5.41, 5.74) is 0.171. The number of carbonyl (C=O) groups is 1. The number of fused-ring (bicyclic) bond motifs is 1. The smallest absolute Gasteiger partial charge is 0.222 e. The molecule has 0 aromatic carbocycles. The van der Waals surface area contributed by atoms with Crippen LogP contribution in [-0.2, 0) is 4.79 Å². The Morgan fingerprint density at radius 3 is 3.15 bits per heavy atom. The van der Waals surface area contributed by atoms with Crippen LogP contribution < -0.4 is 0 Å². The van der Waals surface area contributed by atoms with Crippen LogP contribution in [0.2, 0.25) is 0 Å². The topological polar surface area (TPSA) is 20.3 Å². The van der Waals surface area contributed by atoms with Crippen LogP contribution >= 0.6 is 0 Å². The van der Waals surface area contributed by atoms with Gasteiger partial charge in [-0.3, -0.25) is 4.79 Å². The SMILES string of the molecule is C=C[C@@]1(C)CCCN2C(=O)CC[C@@H]21. The van der Waals surface area contributed by atoms with Crippen LogP contribution in [-0.4, -0.2) is 23.4 Å². The van der Waals surface area contributed by atoms with Crippen molar-refractivity contribution in [3.8, 4) is 0 Å². The monoisotopic (exact) mass is 179 g/mol. The average Bonchev–Trinajstić information content (AvgIpc) is 2.50. The zero-order valence-corrected chi connectivity index (χ0v) is 8.25. The van der Waals surface area contributed by atoms with E-state index < -0.39 is 0 Å². The van der Waals surface area contributed by atoms with E-state index in [0.29, 0.717) is 11.9 Å². The van der Waals surface area contributed by atoms with Crippen molar-refractivity contribution >= 4 is 5.91 Å². The number of hydrogen-bond donors (Lipinski definition) is 0. The molecule has 2 heterocycles. The van der Waals surface area contributed by atoms with Crippen LogP contribution in [0.3, 0.4) is 0 Å². The molecule has 2 atom stereocenters. The van der Waals surface area contributed by atoms with Gasteiger partial charge < -0.3 is 4.90 Å². The highest BCUT2D eigenvalue weighted by Gasteiger charge is 2.44. The molecule has 13 heavy (non-hydrogen) atoms. The molecule has 0 aliphatic carbocycles. The highest BCUT2D eigenvalue weighted by atomic mass is 16.2. The first kappa shape index (κ1) is 8.79. The Labute approximate surface area is 79.6 Å². The van der Waals surface area contributed by atoms with Crippen LogP contribution in [0.25, 0.3) is 0 Å². The molecule has 2 nitrogen and oxygen atoms in total. The number of piperidine rings is 1. The summed E-state index contributed by atoms with van der Waals surface area (Å²) >= 11 is 0. The van der Waals surface area contributed by atoms with Crippen molar-refractivity contribution in [2.24, 2.45) is 5.41 Å². The van der Waals surface area contributed by atoms with Crippen molar-refractivity contribution in [2.45, 2.75) is 38.6 Å². The van der Waals surface area contributed by atoms with Gasteiger partial charge in [0, 0.05) is 24.4 Å². The maximum absolute atomic E-state index is 11.5. The van der Waals surface area contributed by atoms with Crippen LogP contribution in [0, 0.1) is 5.41 Å². The minimum absolute atomic E-state index is 0.171. The predicted molar refractivity (Wildman–Crippen MR) is 52.3 cm³/mol.